The lowest BCUT2D eigenvalue weighted by Crippen LogP contribution is -2.30. The van der Waals surface area contributed by atoms with Gasteiger partial charge in [0.05, 0.1) is 19.8 Å². The zero-order valence-electron chi connectivity index (χ0n) is 14.3. The van der Waals surface area contributed by atoms with Crippen molar-refractivity contribution in [3.63, 3.8) is 0 Å². The molecule has 0 radical (unpaired) electrons. The summed E-state index contributed by atoms with van der Waals surface area (Å²) in [5.41, 5.74) is 0.254. The van der Waals surface area contributed by atoms with E-state index in [4.69, 9.17) is 9.47 Å². The van der Waals surface area contributed by atoms with Gasteiger partial charge < -0.3 is 20.1 Å². The number of hydrogen-bond acceptors (Lipinski definition) is 3. The molecule has 0 aliphatic rings. The van der Waals surface area contributed by atoms with Crippen molar-refractivity contribution in [2.45, 2.75) is 12.6 Å². The van der Waals surface area contributed by atoms with Gasteiger partial charge in [-0.2, -0.15) is 13.2 Å². The van der Waals surface area contributed by atoms with Gasteiger partial charge in [-0.3, -0.25) is 0 Å². The molecule has 0 bridgehead atoms. The Labute approximate surface area is 149 Å². The summed E-state index contributed by atoms with van der Waals surface area (Å²) in [5, 5.41) is 5.22. The molecule has 8 heteroatoms. The van der Waals surface area contributed by atoms with Gasteiger partial charge in [0.25, 0.3) is 0 Å². The van der Waals surface area contributed by atoms with Crippen molar-refractivity contribution in [2.24, 2.45) is 0 Å². The molecule has 0 saturated carbocycles. The highest BCUT2D eigenvalue weighted by atomic mass is 19.4. The molecule has 2 aromatic carbocycles. The van der Waals surface area contributed by atoms with Crippen LogP contribution >= 0.6 is 0 Å². The fraction of sp³-hybridized carbons (Fsp3) is 0.278. The average Bonchev–Trinajstić information content (AvgIpc) is 2.60. The monoisotopic (exact) mass is 368 g/mol. The lowest BCUT2D eigenvalue weighted by atomic mass is 10.1. The highest BCUT2D eigenvalue weighted by Crippen LogP contribution is 2.29. The number of ether oxygens (including phenoxy) is 2. The Morgan fingerprint density at radius 3 is 2.27 bits per heavy atom. The van der Waals surface area contributed by atoms with Crippen molar-refractivity contribution in [1.29, 1.82) is 0 Å². The molecule has 0 unspecified atom stereocenters. The van der Waals surface area contributed by atoms with Crippen molar-refractivity contribution in [2.75, 3.05) is 26.1 Å². The predicted molar refractivity (Wildman–Crippen MR) is 91.7 cm³/mol. The molecule has 0 aliphatic carbocycles. The third-order valence-electron chi connectivity index (χ3n) is 3.56. The molecule has 26 heavy (non-hydrogen) atoms. The number of alkyl halides is 3. The number of hydrogen-bond donors (Lipinski definition) is 2. The largest absolute Gasteiger partial charge is 0.497 e. The number of rotatable bonds is 6. The molecule has 0 spiro atoms. The summed E-state index contributed by atoms with van der Waals surface area (Å²) in [6, 6.07) is 9.45. The minimum absolute atomic E-state index is 0.189. The van der Waals surface area contributed by atoms with Crippen molar-refractivity contribution < 1.29 is 27.4 Å². The Kier molecular flexibility index (Phi) is 6.32. The summed E-state index contributed by atoms with van der Waals surface area (Å²) < 4.78 is 48.3. The van der Waals surface area contributed by atoms with E-state index in [-0.39, 0.29) is 13.0 Å². The number of methoxy groups -OCH3 is 2. The SMILES string of the molecule is COc1cc(NC(=O)NCCc2cccc(C(F)(F)F)c2)cc(OC)c1. The predicted octanol–water partition coefficient (Wildman–Crippen LogP) is 4.09. The van der Waals surface area contributed by atoms with Crippen LogP contribution in [0.3, 0.4) is 0 Å². The zero-order chi connectivity index (χ0) is 19.2. The van der Waals surface area contributed by atoms with E-state index in [1.807, 2.05) is 0 Å². The van der Waals surface area contributed by atoms with E-state index >= 15 is 0 Å². The molecule has 140 valence electrons. The van der Waals surface area contributed by atoms with Crippen LogP contribution in [0.5, 0.6) is 11.5 Å². The molecule has 0 aromatic heterocycles. The van der Waals surface area contributed by atoms with Crippen LogP contribution in [0, 0.1) is 0 Å². The zero-order valence-corrected chi connectivity index (χ0v) is 14.3. The van der Waals surface area contributed by atoms with Crippen LogP contribution in [0.15, 0.2) is 42.5 Å². The molecule has 2 rings (SSSR count). The molecule has 0 aliphatic heterocycles. The third kappa shape index (κ3) is 5.58. The normalized spacial score (nSPS) is 11.0. The van der Waals surface area contributed by atoms with E-state index in [0.29, 0.717) is 22.7 Å². The van der Waals surface area contributed by atoms with Crippen LogP contribution in [-0.4, -0.2) is 26.8 Å². The standard InChI is InChI=1S/C18H19F3N2O3/c1-25-15-9-14(10-16(11-15)26-2)23-17(24)22-7-6-12-4-3-5-13(8-12)18(19,20)21/h3-5,8-11H,6-7H2,1-2H3,(H2,22,23,24). The Bertz CT molecular complexity index is 741. The van der Waals surface area contributed by atoms with E-state index in [2.05, 4.69) is 10.6 Å². The fourth-order valence-corrected chi connectivity index (χ4v) is 2.28. The maximum absolute atomic E-state index is 12.7. The van der Waals surface area contributed by atoms with E-state index in [9.17, 15) is 18.0 Å². The van der Waals surface area contributed by atoms with Gasteiger partial charge in [0.2, 0.25) is 0 Å². The first-order valence-corrected chi connectivity index (χ1v) is 7.76. The Morgan fingerprint density at radius 2 is 1.69 bits per heavy atom. The van der Waals surface area contributed by atoms with Gasteiger partial charge in [0.1, 0.15) is 11.5 Å². The van der Waals surface area contributed by atoms with Gasteiger partial charge in [-0.1, -0.05) is 18.2 Å². The van der Waals surface area contributed by atoms with Crippen molar-refractivity contribution in [3.05, 3.63) is 53.6 Å². The summed E-state index contributed by atoms with van der Waals surface area (Å²) in [4.78, 5) is 11.9. The molecule has 0 saturated heterocycles. The van der Waals surface area contributed by atoms with Gasteiger partial charge in [-0.15, -0.1) is 0 Å². The highest BCUT2D eigenvalue weighted by molar-refractivity contribution is 5.89. The highest BCUT2D eigenvalue weighted by Gasteiger charge is 2.30. The van der Waals surface area contributed by atoms with Gasteiger partial charge in [0, 0.05) is 30.4 Å². The molecule has 0 atom stereocenters. The van der Waals surface area contributed by atoms with Crippen molar-refractivity contribution in [1.82, 2.24) is 5.32 Å². The summed E-state index contributed by atoms with van der Waals surface area (Å²) >= 11 is 0. The quantitative estimate of drug-likeness (QED) is 0.808. The number of carbonyl (C=O) groups excluding carboxylic acids is 1. The first-order valence-electron chi connectivity index (χ1n) is 7.76. The number of halogens is 3. The summed E-state index contributed by atoms with van der Waals surface area (Å²) in [7, 11) is 2.99. The number of amides is 2. The van der Waals surface area contributed by atoms with Crippen LogP contribution in [0.1, 0.15) is 11.1 Å². The summed E-state index contributed by atoms with van der Waals surface area (Å²) in [6.07, 6.45) is -4.11. The molecule has 2 aromatic rings. The number of nitrogens with one attached hydrogen (secondary N) is 2. The number of benzene rings is 2. The minimum atomic E-state index is -4.38. The van der Waals surface area contributed by atoms with Crippen LogP contribution < -0.4 is 20.1 Å². The molecular formula is C18H19F3N2O3. The lowest BCUT2D eigenvalue weighted by molar-refractivity contribution is -0.137. The fourth-order valence-electron chi connectivity index (χ4n) is 2.28. The Hall–Kier alpha value is -2.90. The van der Waals surface area contributed by atoms with E-state index in [0.717, 1.165) is 12.1 Å². The van der Waals surface area contributed by atoms with Gasteiger partial charge in [-0.25, -0.2) is 4.79 Å². The second-order valence-electron chi connectivity index (χ2n) is 5.43. The first kappa shape index (κ1) is 19.4. The van der Waals surface area contributed by atoms with Crippen molar-refractivity contribution >= 4 is 11.7 Å². The van der Waals surface area contributed by atoms with Crippen LogP contribution in [0.25, 0.3) is 0 Å². The number of anilines is 1. The average molecular weight is 368 g/mol. The van der Waals surface area contributed by atoms with E-state index in [1.165, 1.54) is 20.3 Å². The molecule has 2 N–H and O–H groups in total. The van der Waals surface area contributed by atoms with Gasteiger partial charge in [-0.05, 0) is 18.1 Å². The first-order chi connectivity index (χ1) is 12.3. The lowest BCUT2D eigenvalue weighted by Gasteiger charge is -2.11. The molecule has 0 heterocycles. The number of carbonyl (C=O) groups is 1. The maximum atomic E-state index is 12.7. The number of urea groups is 1. The van der Waals surface area contributed by atoms with Crippen LogP contribution in [-0.2, 0) is 12.6 Å². The molecule has 2 amide bonds. The molecule has 5 nitrogen and oxygen atoms in total. The van der Waals surface area contributed by atoms with Gasteiger partial charge in [0.15, 0.2) is 0 Å². The van der Waals surface area contributed by atoms with Crippen LogP contribution in [0.4, 0.5) is 23.7 Å². The smallest absolute Gasteiger partial charge is 0.416 e. The maximum Gasteiger partial charge on any atom is 0.416 e. The van der Waals surface area contributed by atoms with E-state index in [1.54, 1.807) is 24.3 Å². The molecule has 0 fully saturated rings. The van der Waals surface area contributed by atoms with Crippen LogP contribution in [0.2, 0.25) is 0 Å². The Morgan fingerprint density at radius 1 is 1.04 bits per heavy atom. The Balaban J connectivity index is 1.90. The van der Waals surface area contributed by atoms with E-state index < -0.39 is 17.8 Å². The molecular weight excluding hydrogens is 349 g/mol. The second kappa shape index (κ2) is 8.46. The summed E-state index contributed by atoms with van der Waals surface area (Å²) in [5.74, 6) is 1.03. The van der Waals surface area contributed by atoms with Gasteiger partial charge >= 0.3 is 12.2 Å². The topological polar surface area (TPSA) is 59.6 Å². The second-order valence-corrected chi connectivity index (χ2v) is 5.43. The van der Waals surface area contributed by atoms with Crippen molar-refractivity contribution in [3.8, 4) is 11.5 Å². The summed E-state index contributed by atoms with van der Waals surface area (Å²) in [6.45, 7) is 0.189. The minimum Gasteiger partial charge on any atom is -0.497 e. The third-order valence-corrected chi connectivity index (χ3v) is 3.56.